The van der Waals surface area contributed by atoms with Crippen LogP contribution in [-0.4, -0.2) is 39.6 Å². The number of hydrogen-bond donors (Lipinski definition) is 1. The van der Waals surface area contributed by atoms with Gasteiger partial charge in [0.1, 0.15) is 6.61 Å². The highest BCUT2D eigenvalue weighted by atomic mass is 28.4. The highest BCUT2D eigenvalue weighted by Gasteiger charge is 2.44. The lowest BCUT2D eigenvalue weighted by molar-refractivity contribution is -0.150. The van der Waals surface area contributed by atoms with Crippen molar-refractivity contribution < 1.29 is 23.5 Å². The third kappa shape index (κ3) is 7.49. The summed E-state index contributed by atoms with van der Waals surface area (Å²) in [7, 11) is -1.01. The maximum absolute atomic E-state index is 12.8. The third-order valence-electron chi connectivity index (χ3n) is 5.84. The van der Waals surface area contributed by atoms with Gasteiger partial charge in [0.15, 0.2) is 14.4 Å². The summed E-state index contributed by atoms with van der Waals surface area (Å²) in [4.78, 5) is 25.5. The van der Waals surface area contributed by atoms with Gasteiger partial charge in [-0.05, 0) is 35.7 Å². The summed E-state index contributed by atoms with van der Waals surface area (Å²) in [6.07, 6.45) is -1.16. The molecular weight excluding hydrogens is 422 g/mol. The van der Waals surface area contributed by atoms with Crippen molar-refractivity contribution >= 4 is 20.4 Å². The van der Waals surface area contributed by atoms with E-state index in [1.807, 2.05) is 60.7 Å². The summed E-state index contributed by atoms with van der Waals surface area (Å²) in [6.45, 7) is 10.6. The average molecular weight is 458 g/mol. The zero-order valence-electron chi connectivity index (χ0n) is 19.9. The Morgan fingerprint density at radius 3 is 1.97 bits per heavy atom. The molecule has 1 N–H and O–H groups in total. The predicted molar refractivity (Wildman–Crippen MR) is 128 cm³/mol. The van der Waals surface area contributed by atoms with Crippen molar-refractivity contribution in [3.8, 4) is 0 Å². The summed E-state index contributed by atoms with van der Waals surface area (Å²) in [5.41, 5.74) is 1.85. The quantitative estimate of drug-likeness (QED) is 0.419. The Kier molecular flexibility index (Phi) is 9.04. The topological polar surface area (TPSA) is 73.9 Å². The van der Waals surface area contributed by atoms with Crippen molar-refractivity contribution in [2.24, 2.45) is 0 Å². The van der Waals surface area contributed by atoms with E-state index < -0.39 is 32.5 Å². The van der Waals surface area contributed by atoms with E-state index in [-0.39, 0.29) is 11.6 Å². The summed E-state index contributed by atoms with van der Waals surface area (Å²) in [5, 5.41) is 2.74. The van der Waals surface area contributed by atoms with Crippen LogP contribution in [0.5, 0.6) is 0 Å². The lowest BCUT2D eigenvalue weighted by Gasteiger charge is -2.40. The van der Waals surface area contributed by atoms with E-state index >= 15 is 0 Å². The average Bonchev–Trinajstić information content (AvgIpc) is 2.76. The number of ether oxygens (including phenoxy) is 2. The molecule has 0 heterocycles. The number of benzene rings is 2. The van der Waals surface area contributed by atoms with Gasteiger partial charge in [-0.25, -0.2) is 9.59 Å². The molecule has 0 saturated heterocycles. The molecule has 6 nitrogen and oxygen atoms in total. The minimum absolute atomic E-state index is 0.121. The molecule has 2 rings (SSSR count). The molecule has 0 bridgehead atoms. The minimum atomic E-state index is -2.34. The normalized spacial score (nSPS) is 13.7. The van der Waals surface area contributed by atoms with Gasteiger partial charge in [-0.2, -0.15) is 0 Å². The van der Waals surface area contributed by atoms with Crippen LogP contribution in [0.4, 0.5) is 4.79 Å². The zero-order valence-corrected chi connectivity index (χ0v) is 20.9. The second kappa shape index (κ2) is 11.3. The third-order valence-corrected chi connectivity index (χ3v) is 10.3. The maximum Gasteiger partial charge on any atom is 0.407 e. The number of hydrogen-bond acceptors (Lipinski definition) is 5. The van der Waals surface area contributed by atoms with Crippen LogP contribution in [0, 0.1) is 0 Å². The van der Waals surface area contributed by atoms with Crippen molar-refractivity contribution in [2.75, 3.05) is 7.11 Å². The first kappa shape index (κ1) is 25.6. The Morgan fingerprint density at radius 2 is 1.47 bits per heavy atom. The number of alkyl carbamates (subject to hydrolysis) is 1. The van der Waals surface area contributed by atoms with Crippen LogP contribution in [0.2, 0.25) is 18.1 Å². The molecule has 0 fully saturated rings. The van der Waals surface area contributed by atoms with Gasteiger partial charge in [-0.15, -0.1) is 0 Å². The van der Waals surface area contributed by atoms with Crippen molar-refractivity contribution in [3.63, 3.8) is 0 Å². The maximum atomic E-state index is 12.8. The van der Waals surface area contributed by atoms with Gasteiger partial charge in [0, 0.05) is 0 Å². The molecule has 0 saturated carbocycles. The second-order valence-electron chi connectivity index (χ2n) is 9.32. The van der Waals surface area contributed by atoms with Gasteiger partial charge in [0.05, 0.1) is 13.2 Å². The molecule has 0 aliphatic heterocycles. The van der Waals surface area contributed by atoms with E-state index in [1.165, 1.54) is 7.11 Å². The van der Waals surface area contributed by atoms with Crippen LogP contribution in [0.15, 0.2) is 60.7 Å². The Labute approximate surface area is 192 Å². The van der Waals surface area contributed by atoms with Crippen LogP contribution < -0.4 is 5.32 Å². The Hall–Kier alpha value is -2.64. The molecule has 2 aromatic rings. The molecule has 32 heavy (non-hydrogen) atoms. The molecule has 174 valence electrons. The molecule has 7 heteroatoms. The van der Waals surface area contributed by atoms with Gasteiger partial charge in [-0.3, -0.25) is 0 Å². The summed E-state index contributed by atoms with van der Waals surface area (Å²) in [5.74, 6) is -0.515. The van der Waals surface area contributed by atoms with Crippen LogP contribution in [0.1, 0.15) is 31.9 Å². The minimum Gasteiger partial charge on any atom is -0.467 e. The largest absolute Gasteiger partial charge is 0.467 e. The van der Waals surface area contributed by atoms with Crippen LogP contribution in [-0.2, 0) is 31.7 Å². The lowest BCUT2D eigenvalue weighted by Crippen LogP contribution is -2.55. The van der Waals surface area contributed by atoms with Crippen molar-refractivity contribution in [3.05, 3.63) is 71.8 Å². The van der Waals surface area contributed by atoms with E-state index in [0.717, 1.165) is 11.1 Å². The first-order chi connectivity index (χ1) is 15.0. The number of rotatable bonds is 9. The van der Waals surface area contributed by atoms with Gasteiger partial charge in [-0.1, -0.05) is 81.4 Å². The molecule has 0 aromatic heterocycles. The van der Waals surface area contributed by atoms with Gasteiger partial charge < -0.3 is 19.2 Å². The van der Waals surface area contributed by atoms with Crippen LogP contribution in [0.3, 0.4) is 0 Å². The van der Waals surface area contributed by atoms with E-state index in [2.05, 4.69) is 39.2 Å². The molecule has 0 unspecified atom stereocenters. The molecule has 1 amide bonds. The first-order valence-corrected chi connectivity index (χ1v) is 13.7. The number of amides is 1. The first-order valence-electron chi connectivity index (χ1n) is 10.8. The fourth-order valence-electron chi connectivity index (χ4n) is 2.92. The number of nitrogens with one attached hydrogen (secondary N) is 1. The molecule has 0 radical (unpaired) electrons. The molecule has 0 aliphatic carbocycles. The number of carbonyl (C=O) groups excluding carboxylic acids is 2. The second-order valence-corrected chi connectivity index (χ2v) is 14.1. The number of carbonyl (C=O) groups is 2. The van der Waals surface area contributed by atoms with Crippen LogP contribution >= 0.6 is 0 Å². The van der Waals surface area contributed by atoms with Crippen molar-refractivity contribution in [2.45, 2.75) is 64.1 Å². The molecule has 2 aromatic carbocycles. The fourth-order valence-corrected chi connectivity index (χ4v) is 4.17. The van der Waals surface area contributed by atoms with E-state index in [9.17, 15) is 9.59 Å². The lowest BCUT2D eigenvalue weighted by atomic mass is 10.0. The Bertz CT molecular complexity index is 865. The summed E-state index contributed by atoms with van der Waals surface area (Å²) < 4.78 is 16.9. The van der Waals surface area contributed by atoms with Crippen molar-refractivity contribution in [1.82, 2.24) is 5.32 Å². The highest BCUT2D eigenvalue weighted by Crippen LogP contribution is 2.38. The predicted octanol–water partition coefficient (Wildman–Crippen LogP) is 5.09. The summed E-state index contributed by atoms with van der Waals surface area (Å²) >= 11 is 0. The fraction of sp³-hybridized carbons (Fsp3) is 0.440. The van der Waals surface area contributed by atoms with Gasteiger partial charge in [0.25, 0.3) is 0 Å². The number of methoxy groups -OCH3 is 1. The number of esters is 1. The van der Waals surface area contributed by atoms with Gasteiger partial charge in [0.2, 0.25) is 0 Å². The Balaban J connectivity index is 2.25. The standard InChI is InChI=1S/C25H35NO5Si/c1-25(2,3)32(5,6)31-22(23(27)29-4)21(17-19-13-9-7-10-14-19)26-24(28)30-18-20-15-11-8-12-16-20/h7-16,21-22H,17-18H2,1-6H3,(H,26,28)/t21-,22+/m1/s1. The highest BCUT2D eigenvalue weighted by molar-refractivity contribution is 6.74. The smallest absolute Gasteiger partial charge is 0.407 e. The summed E-state index contributed by atoms with van der Waals surface area (Å²) in [6, 6.07) is 18.4. The van der Waals surface area contributed by atoms with Crippen LogP contribution in [0.25, 0.3) is 0 Å². The molecule has 2 atom stereocenters. The van der Waals surface area contributed by atoms with Crippen molar-refractivity contribution in [1.29, 1.82) is 0 Å². The Morgan fingerprint density at radius 1 is 0.938 bits per heavy atom. The SMILES string of the molecule is COC(=O)[C@@H](O[Si](C)(C)C(C)(C)C)[C@@H](Cc1ccccc1)NC(=O)OCc1ccccc1. The van der Waals surface area contributed by atoms with E-state index in [4.69, 9.17) is 13.9 Å². The molecule has 0 spiro atoms. The van der Waals surface area contributed by atoms with E-state index in [1.54, 1.807) is 0 Å². The zero-order chi connectivity index (χ0) is 23.8. The molecule has 0 aliphatic rings. The monoisotopic (exact) mass is 457 g/mol. The van der Waals surface area contributed by atoms with E-state index in [0.29, 0.717) is 6.42 Å². The van der Waals surface area contributed by atoms with Gasteiger partial charge >= 0.3 is 12.1 Å². The molecular formula is C25H35NO5Si.